The van der Waals surface area contributed by atoms with Gasteiger partial charge in [-0.15, -0.1) is 11.3 Å². The molecule has 1 aromatic carbocycles. The molecule has 0 saturated carbocycles. The lowest BCUT2D eigenvalue weighted by molar-refractivity contribution is -0.133. The molecule has 0 aliphatic carbocycles. The summed E-state index contributed by atoms with van der Waals surface area (Å²) in [5, 5.41) is 3.96. The Balaban J connectivity index is 1.54. The topological polar surface area (TPSA) is 36.4 Å². The highest BCUT2D eigenvalue weighted by molar-refractivity contribution is 7.09. The van der Waals surface area contributed by atoms with Gasteiger partial charge in [0.05, 0.1) is 12.2 Å². The van der Waals surface area contributed by atoms with E-state index in [1.165, 1.54) is 0 Å². The lowest BCUT2D eigenvalue weighted by Gasteiger charge is -2.34. The van der Waals surface area contributed by atoms with Crippen molar-refractivity contribution in [3.8, 4) is 11.3 Å². The molecule has 1 amide bonds. The first-order valence-electron chi connectivity index (χ1n) is 8.36. The molecule has 4 nitrogen and oxygen atoms in total. The van der Waals surface area contributed by atoms with Gasteiger partial charge >= 0.3 is 0 Å². The number of aromatic nitrogens is 1. The Labute approximate surface area is 152 Å². The second-order valence-electron chi connectivity index (χ2n) is 6.04. The fourth-order valence-corrected chi connectivity index (χ4v) is 3.83. The minimum Gasteiger partial charge on any atom is -0.340 e. The van der Waals surface area contributed by atoms with Gasteiger partial charge in [-0.1, -0.05) is 30.7 Å². The number of piperazine rings is 1. The highest BCUT2D eigenvalue weighted by atomic mass is 35.5. The molecule has 1 aromatic heterocycles. The van der Waals surface area contributed by atoms with E-state index in [0.717, 1.165) is 60.4 Å². The summed E-state index contributed by atoms with van der Waals surface area (Å²) < 4.78 is 0. The zero-order valence-electron chi connectivity index (χ0n) is 13.9. The van der Waals surface area contributed by atoms with Crippen LogP contribution >= 0.6 is 22.9 Å². The number of benzene rings is 1. The van der Waals surface area contributed by atoms with Gasteiger partial charge in [-0.05, 0) is 18.6 Å². The SMILES string of the molecule is CCCC(=O)N1CCN(Cc2nc(-c3ccc(Cl)cc3)cs2)CC1. The molecule has 0 spiro atoms. The first-order valence-corrected chi connectivity index (χ1v) is 9.62. The molecule has 2 aromatic rings. The molecule has 128 valence electrons. The van der Waals surface area contributed by atoms with Gasteiger partial charge in [0.2, 0.25) is 5.91 Å². The van der Waals surface area contributed by atoms with Gasteiger partial charge in [0.1, 0.15) is 5.01 Å². The number of carbonyl (C=O) groups is 1. The number of rotatable bonds is 5. The minimum absolute atomic E-state index is 0.288. The van der Waals surface area contributed by atoms with Crippen LogP contribution in [0.2, 0.25) is 5.02 Å². The van der Waals surface area contributed by atoms with Crippen LogP contribution in [0.3, 0.4) is 0 Å². The molecule has 0 radical (unpaired) electrons. The third-order valence-electron chi connectivity index (χ3n) is 4.24. The van der Waals surface area contributed by atoms with Crippen LogP contribution < -0.4 is 0 Å². The van der Waals surface area contributed by atoms with Gasteiger partial charge in [-0.3, -0.25) is 9.69 Å². The Morgan fingerprint density at radius 1 is 1.21 bits per heavy atom. The maximum atomic E-state index is 11.9. The van der Waals surface area contributed by atoms with E-state index in [1.54, 1.807) is 11.3 Å². The number of carbonyl (C=O) groups excluding carboxylic acids is 1. The number of thiazole rings is 1. The summed E-state index contributed by atoms with van der Waals surface area (Å²) in [5.74, 6) is 0.288. The van der Waals surface area contributed by atoms with Crippen molar-refractivity contribution in [2.24, 2.45) is 0 Å². The number of hydrogen-bond donors (Lipinski definition) is 0. The fraction of sp³-hybridized carbons (Fsp3) is 0.444. The molecule has 24 heavy (non-hydrogen) atoms. The summed E-state index contributed by atoms with van der Waals surface area (Å²) in [6.45, 7) is 6.40. The Morgan fingerprint density at radius 2 is 1.92 bits per heavy atom. The van der Waals surface area contributed by atoms with E-state index < -0.39 is 0 Å². The lowest BCUT2D eigenvalue weighted by Crippen LogP contribution is -2.48. The van der Waals surface area contributed by atoms with Gasteiger partial charge in [0.25, 0.3) is 0 Å². The molecule has 1 aliphatic heterocycles. The van der Waals surface area contributed by atoms with E-state index in [-0.39, 0.29) is 5.91 Å². The van der Waals surface area contributed by atoms with Crippen LogP contribution in [0.5, 0.6) is 0 Å². The van der Waals surface area contributed by atoms with Gasteiger partial charge in [0, 0.05) is 48.6 Å². The van der Waals surface area contributed by atoms with Crippen LogP contribution in [-0.4, -0.2) is 46.9 Å². The van der Waals surface area contributed by atoms with Crippen LogP contribution in [0.25, 0.3) is 11.3 Å². The number of hydrogen-bond acceptors (Lipinski definition) is 4. The number of halogens is 1. The van der Waals surface area contributed by atoms with Crippen molar-refractivity contribution >= 4 is 28.8 Å². The monoisotopic (exact) mass is 363 g/mol. The molecule has 0 N–H and O–H groups in total. The average molecular weight is 364 g/mol. The summed E-state index contributed by atoms with van der Waals surface area (Å²) in [6, 6.07) is 7.78. The Bertz CT molecular complexity index is 678. The van der Waals surface area contributed by atoms with E-state index in [0.29, 0.717) is 6.42 Å². The van der Waals surface area contributed by atoms with Crippen LogP contribution in [0.4, 0.5) is 0 Å². The third kappa shape index (κ3) is 4.35. The van der Waals surface area contributed by atoms with Crippen LogP contribution in [0.1, 0.15) is 24.8 Å². The van der Waals surface area contributed by atoms with E-state index >= 15 is 0 Å². The standard InChI is InChI=1S/C18H22ClN3OS/c1-2-3-18(23)22-10-8-21(9-11-22)12-17-20-16(13-24-17)14-4-6-15(19)7-5-14/h4-7,13H,2-3,8-12H2,1H3. The van der Waals surface area contributed by atoms with Crippen LogP contribution in [-0.2, 0) is 11.3 Å². The largest absolute Gasteiger partial charge is 0.340 e. The van der Waals surface area contributed by atoms with Gasteiger partial charge < -0.3 is 4.90 Å². The predicted molar refractivity (Wildman–Crippen MR) is 99.3 cm³/mol. The molecule has 1 saturated heterocycles. The number of amides is 1. The summed E-state index contributed by atoms with van der Waals surface area (Å²) in [7, 11) is 0. The first-order chi connectivity index (χ1) is 11.7. The summed E-state index contributed by atoms with van der Waals surface area (Å²) >= 11 is 7.63. The average Bonchev–Trinajstić information content (AvgIpc) is 3.05. The van der Waals surface area contributed by atoms with Crippen LogP contribution in [0.15, 0.2) is 29.6 Å². The van der Waals surface area contributed by atoms with Gasteiger partial charge in [0.15, 0.2) is 0 Å². The Morgan fingerprint density at radius 3 is 2.58 bits per heavy atom. The molecule has 3 rings (SSSR count). The second kappa shape index (κ2) is 8.10. The quantitative estimate of drug-likeness (QED) is 0.808. The summed E-state index contributed by atoms with van der Waals surface area (Å²) in [4.78, 5) is 21.0. The van der Waals surface area contributed by atoms with Crippen molar-refractivity contribution in [3.05, 3.63) is 39.7 Å². The molecule has 1 aliphatic rings. The lowest BCUT2D eigenvalue weighted by atomic mass is 10.2. The van der Waals surface area contributed by atoms with Gasteiger partial charge in [-0.2, -0.15) is 0 Å². The first kappa shape index (κ1) is 17.4. The van der Waals surface area contributed by atoms with Crippen molar-refractivity contribution in [2.75, 3.05) is 26.2 Å². The van der Waals surface area contributed by atoms with E-state index in [4.69, 9.17) is 16.6 Å². The highest BCUT2D eigenvalue weighted by Crippen LogP contribution is 2.24. The normalized spacial score (nSPS) is 15.7. The van der Waals surface area contributed by atoms with E-state index in [1.807, 2.05) is 29.2 Å². The van der Waals surface area contributed by atoms with Crippen molar-refractivity contribution < 1.29 is 4.79 Å². The fourth-order valence-electron chi connectivity index (χ4n) is 2.86. The molecule has 0 unspecified atom stereocenters. The second-order valence-corrected chi connectivity index (χ2v) is 7.42. The molecule has 0 atom stereocenters. The Kier molecular flexibility index (Phi) is 5.87. The van der Waals surface area contributed by atoms with E-state index in [2.05, 4.69) is 17.2 Å². The van der Waals surface area contributed by atoms with Crippen LogP contribution in [0, 0.1) is 0 Å². The van der Waals surface area contributed by atoms with Crippen molar-refractivity contribution in [3.63, 3.8) is 0 Å². The molecule has 2 heterocycles. The van der Waals surface area contributed by atoms with Crippen molar-refractivity contribution in [1.29, 1.82) is 0 Å². The predicted octanol–water partition coefficient (Wildman–Crippen LogP) is 3.91. The van der Waals surface area contributed by atoms with Gasteiger partial charge in [-0.25, -0.2) is 4.98 Å². The summed E-state index contributed by atoms with van der Waals surface area (Å²) in [5.41, 5.74) is 2.10. The zero-order valence-corrected chi connectivity index (χ0v) is 15.4. The molecule has 0 bridgehead atoms. The Hall–Kier alpha value is -1.43. The third-order valence-corrected chi connectivity index (χ3v) is 5.33. The summed E-state index contributed by atoms with van der Waals surface area (Å²) in [6.07, 6.45) is 1.59. The molecule has 1 fully saturated rings. The number of nitrogens with zero attached hydrogens (tertiary/aromatic N) is 3. The van der Waals surface area contributed by atoms with Crippen molar-refractivity contribution in [2.45, 2.75) is 26.3 Å². The van der Waals surface area contributed by atoms with E-state index in [9.17, 15) is 4.79 Å². The molecular formula is C18H22ClN3OS. The maximum Gasteiger partial charge on any atom is 0.222 e. The van der Waals surface area contributed by atoms with Crippen molar-refractivity contribution in [1.82, 2.24) is 14.8 Å². The highest BCUT2D eigenvalue weighted by Gasteiger charge is 2.21. The maximum absolute atomic E-state index is 11.9. The zero-order chi connectivity index (χ0) is 16.9. The smallest absolute Gasteiger partial charge is 0.222 e. The minimum atomic E-state index is 0.288. The molecule has 6 heteroatoms. The molecular weight excluding hydrogens is 342 g/mol.